The minimum atomic E-state index is -0.333. The molecule has 0 fully saturated rings. The van der Waals surface area contributed by atoms with E-state index in [0.29, 0.717) is 6.42 Å². The SMILES string of the molecule is Cc1cc2c(cc1Br)OC(C)(C)CC2N=O. The summed E-state index contributed by atoms with van der Waals surface area (Å²) < 4.78 is 6.85. The molecule has 1 unspecified atom stereocenters. The van der Waals surface area contributed by atoms with Crippen LogP contribution in [0.25, 0.3) is 0 Å². The molecule has 3 nitrogen and oxygen atoms in total. The van der Waals surface area contributed by atoms with Crippen LogP contribution in [0.4, 0.5) is 0 Å². The molecule has 4 heteroatoms. The highest BCUT2D eigenvalue weighted by Crippen LogP contribution is 2.43. The zero-order chi connectivity index (χ0) is 11.9. The molecule has 1 aromatic rings. The van der Waals surface area contributed by atoms with Crippen LogP contribution in [0.1, 0.15) is 37.4 Å². The lowest BCUT2D eigenvalue weighted by Crippen LogP contribution is -2.34. The summed E-state index contributed by atoms with van der Waals surface area (Å²) in [4.78, 5) is 10.9. The van der Waals surface area contributed by atoms with Crippen molar-refractivity contribution in [2.45, 2.75) is 38.8 Å². The summed E-state index contributed by atoms with van der Waals surface area (Å²) in [7, 11) is 0. The Morgan fingerprint density at radius 3 is 2.81 bits per heavy atom. The van der Waals surface area contributed by atoms with Gasteiger partial charge in [0, 0.05) is 16.5 Å². The largest absolute Gasteiger partial charge is 0.487 e. The summed E-state index contributed by atoms with van der Waals surface area (Å²) in [5.41, 5.74) is 1.66. The van der Waals surface area contributed by atoms with Gasteiger partial charge in [-0.25, -0.2) is 0 Å². The third-order valence-electron chi connectivity index (χ3n) is 2.85. The Morgan fingerprint density at radius 2 is 2.19 bits per heavy atom. The normalized spacial score (nSPS) is 22.1. The molecule has 16 heavy (non-hydrogen) atoms. The van der Waals surface area contributed by atoms with Crippen LogP contribution in [0.15, 0.2) is 21.8 Å². The number of ether oxygens (including phenoxy) is 1. The molecule has 1 heterocycles. The van der Waals surface area contributed by atoms with E-state index < -0.39 is 0 Å². The average molecular weight is 284 g/mol. The number of nitrogens with zero attached hydrogens (tertiary/aromatic N) is 1. The maximum atomic E-state index is 10.9. The van der Waals surface area contributed by atoms with Gasteiger partial charge in [0.2, 0.25) is 0 Å². The van der Waals surface area contributed by atoms with Crippen molar-refractivity contribution >= 4 is 15.9 Å². The van der Waals surface area contributed by atoms with Gasteiger partial charge in [0.1, 0.15) is 17.4 Å². The zero-order valence-electron chi connectivity index (χ0n) is 9.58. The molecule has 0 N–H and O–H groups in total. The lowest BCUT2D eigenvalue weighted by molar-refractivity contribution is 0.0728. The van der Waals surface area contributed by atoms with Crippen molar-refractivity contribution in [2.75, 3.05) is 0 Å². The van der Waals surface area contributed by atoms with Crippen molar-refractivity contribution in [3.63, 3.8) is 0 Å². The fourth-order valence-corrected chi connectivity index (χ4v) is 2.37. The molecule has 1 aliphatic rings. The second-order valence-electron chi connectivity index (χ2n) is 4.83. The van der Waals surface area contributed by atoms with E-state index in [1.165, 1.54) is 0 Å². The third-order valence-corrected chi connectivity index (χ3v) is 3.70. The van der Waals surface area contributed by atoms with E-state index in [4.69, 9.17) is 4.74 Å². The molecule has 0 amide bonds. The molecular weight excluding hydrogens is 270 g/mol. The molecule has 0 bridgehead atoms. The van der Waals surface area contributed by atoms with Gasteiger partial charge in [-0.2, -0.15) is 4.91 Å². The first kappa shape index (κ1) is 11.6. The molecule has 0 aliphatic carbocycles. The van der Waals surface area contributed by atoms with E-state index in [1.54, 1.807) is 0 Å². The Hall–Kier alpha value is -0.900. The molecule has 0 aromatic heterocycles. The van der Waals surface area contributed by atoms with Crippen molar-refractivity contribution < 1.29 is 4.74 Å². The standard InChI is InChI=1S/C12H14BrNO2/c1-7-4-8-10(14-15)6-12(2,3)16-11(8)5-9(7)13/h4-5,10H,6H2,1-3H3. The fraction of sp³-hybridized carbons (Fsp3) is 0.500. The number of benzene rings is 1. The predicted molar refractivity (Wildman–Crippen MR) is 66.7 cm³/mol. The molecule has 0 saturated heterocycles. The second-order valence-corrected chi connectivity index (χ2v) is 5.68. The van der Waals surface area contributed by atoms with Gasteiger partial charge >= 0.3 is 0 Å². The Balaban J connectivity index is 2.54. The summed E-state index contributed by atoms with van der Waals surface area (Å²) in [5.74, 6) is 0.762. The highest BCUT2D eigenvalue weighted by molar-refractivity contribution is 9.10. The van der Waals surface area contributed by atoms with E-state index in [1.807, 2.05) is 32.9 Å². The fourth-order valence-electron chi connectivity index (χ4n) is 2.04. The minimum absolute atomic E-state index is 0.300. The van der Waals surface area contributed by atoms with Crippen LogP contribution in [0.3, 0.4) is 0 Å². The summed E-state index contributed by atoms with van der Waals surface area (Å²) in [6, 6.07) is 3.59. The van der Waals surface area contributed by atoms with Gasteiger partial charge < -0.3 is 4.74 Å². The number of fused-ring (bicyclic) bond motifs is 1. The molecule has 1 aliphatic heterocycles. The number of nitroso groups, excluding NO2 is 1. The summed E-state index contributed by atoms with van der Waals surface area (Å²) >= 11 is 3.46. The number of rotatable bonds is 1. The van der Waals surface area contributed by atoms with E-state index >= 15 is 0 Å². The molecule has 0 radical (unpaired) electrons. The minimum Gasteiger partial charge on any atom is -0.487 e. The molecule has 0 saturated carbocycles. The van der Waals surface area contributed by atoms with Gasteiger partial charge in [-0.15, -0.1) is 0 Å². The van der Waals surface area contributed by atoms with Crippen LogP contribution in [0.5, 0.6) is 5.75 Å². The predicted octanol–water partition coefficient (Wildman–Crippen LogP) is 4.13. The van der Waals surface area contributed by atoms with Crippen molar-refractivity contribution in [2.24, 2.45) is 5.18 Å². The number of hydrogen-bond donors (Lipinski definition) is 0. The summed E-state index contributed by atoms with van der Waals surface area (Å²) in [5, 5.41) is 3.21. The Morgan fingerprint density at radius 1 is 1.50 bits per heavy atom. The van der Waals surface area contributed by atoms with Gasteiger partial charge in [0.15, 0.2) is 0 Å². The quantitative estimate of drug-likeness (QED) is 0.727. The molecule has 2 rings (SSSR count). The van der Waals surface area contributed by atoms with Crippen LogP contribution in [0.2, 0.25) is 0 Å². The molecular formula is C12H14BrNO2. The Labute approximate surface area is 103 Å². The van der Waals surface area contributed by atoms with Crippen LogP contribution in [0, 0.1) is 11.8 Å². The van der Waals surface area contributed by atoms with Crippen LogP contribution < -0.4 is 4.74 Å². The third kappa shape index (κ3) is 1.98. The summed E-state index contributed by atoms with van der Waals surface area (Å²) in [6.45, 7) is 5.94. The molecule has 86 valence electrons. The molecule has 0 spiro atoms. The first-order chi connectivity index (χ1) is 7.43. The number of aryl methyl sites for hydroxylation is 1. The van der Waals surface area contributed by atoms with Crippen molar-refractivity contribution in [3.05, 3.63) is 32.6 Å². The lowest BCUT2D eigenvalue weighted by Gasteiger charge is -2.35. The second kappa shape index (κ2) is 3.84. The van der Waals surface area contributed by atoms with E-state index in [-0.39, 0.29) is 11.6 Å². The van der Waals surface area contributed by atoms with Crippen molar-refractivity contribution in [3.8, 4) is 5.75 Å². The van der Waals surface area contributed by atoms with Gasteiger partial charge in [-0.1, -0.05) is 21.1 Å². The van der Waals surface area contributed by atoms with Crippen molar-refractivity contribution in [1.82, 2.24) is 0 Å². The highest BCUT2D eigenvalue weighted by Gasteiger charge is 2.34. The van der Waals surface area contributed by atoms with Crippen LogP contribution in [-0.2, 0) is 0 Å². The monoisotopic (exact) mass is 283 g/mol. The maximum absolute atomic E-state index is 10.9. The van der Waals surface area contributed by atoms with Gasteiger partial charge in [0.05, 0.1) is 0 Å². The topological polar surface area (TPSA) is 38.7 Å². The van der Waals surface area contributed by atoms with E-state index in [0.717, 1.165) is 21.3 Å². The number of halogens is 1. The first-order valence-corrected chi connectivity index (χ1v) is 6.04. The van der Waals surface area contributed by atoms with Crippen LogP contribution >= 0.6 is 15.9 Å². The molecule has 1 atom stereocenters. The number of hydrogen-bond acceptors (Lipinski definition) is 3. The van der Waals surface area contributed by atoms with Crippen LogP contribution in [-0.4, -0.2) is 5.60 Å². The Bertz CT molecular complexity index is 443. The van der Waals surface area contributed by atoms with E-state index in [2.05, 4.69) is 21.1 Å². The van der Waals surface area contributed by atoms with Gasteiger partial charge in [-0.3, -0.25) is 0 Å². The smallest absolute Gasteiger partial charge is 0.126 e. The van der Waals surface area contributed by atoms with E-state index in [9.17, 15) is 4.91 Å². The van der Waals surface area contributed by atoms with Crippen molar-refractivity contribution in [1.29, 1.82) is 0 Å². The summed E-state index contributed by atoms with van der Waals surface area (Å²) in [6.07, 6.45) is 0.630. The zero-order valence-corrected chi connectivity index (χ0v) is 11.2. The van der Waals surface area contributed by atoms with Gasteiger partial charge in [0.25, 0.3) is 0 Å². The maximum Gasteiger partial charge on any atom is 0.126 e. The lowest BCUT2D eigenvalue weighted by atomic mass is 9.89. The first-order valence-electron chi connectivity index (χ1n) is 5.24. The Kier molecular flexibility index (Phi) is 2.78. The molecule has 1 aromatic carbocycles. The highest BCUT2D eigenvalue weighted by atomic mass is 79.9. The van der Waals surface area contributed by atoms with Gasteiger partial charge in [-0.05, 0) is 38.5 Å². The average Bonchev–Trinajstić information content (AvgIpc) is 2.18.